The Morgan fingerprint density at radius 1 is 1.14 bits per heavy atom. The standard InChI is InChI=1S/C16H12BrClN2OS/c17-12-3-6-15-19-14(7-16(21)20(15)8-12)10-22-9-11-1-4-13(18)5-2-11/h1-8H,9-10H2. The molecule has 0 N–H and O–H groups in total. The number of thioether (sulfide) groups is 1. The van der Waals surface area contributed by atoms with Crippen molar-refractivity contribution in [2.75, 3.05) is 0 Å². The van der Waals surface area contributed by atoms with Crippen LogP contribution >= 0.6 is 39.3 Å². The van der Waals surface area contributed by atoms with Crippen molar-refractivity contribution in [3.8, 4) is 0 Å². The molecule has 0 saturated heterocycles. The molecule has 0 fully saturated rings. The van der Waals surface area contributed by atoms with Crippen LogP contribution in [0.5, 0.6) is 0 Å². The highest BCUT2D eigenvalue weighted by molar-refractivity contribution is 9.10. The van der Waals surface area contributed by atoms with E-state index in [0.29, 0.717) is 11.4 Å². The second kappa shape index (κ2) is 6.86. The minimum absolute atomic E-state index is 0.0617. The average Bonchev–Trinajstić information content (AvgIpc) is 2.50. The molecule has 6 heteroatoms. The molecule has 0 amide bonds. The summed E-state index contributed by atoms with van der Waals surface area (Å²) in [4.78, 5) is 16.6. The van der Waals surface area contributed by atoms with Gasteiger partial charge in [0.15, 0.2) is 0 Å². The molecule has 0 radical (unpaired) electrons. The van der Waals surface area contributed by atoms with E-state index in [1.54, 1.807) is 24.0 Å². The molecule has 3 aromatic rings. The van der Waals surface area contributed by atoms with Crippen LogP contribution in [0.3, 0.4) is 0 Å². The fraction of sp³-hybridized carbons (Fsp3) is 0.125. The van der Waals surface area contributed by atoms with E-state index < -0.39 is 0 Å². The number of nitrogens with zero attached hydrogens (tertiary/aromatic N) is 2. The number of rotatable bonds is 4. The zero-order chi connectivity index (χ0) is 15.5. The van der Waals surface area contributed by atoms with Crippen LogP contribution in [0.1, 0.15) is 11.3 Å². The van der Waals surface area contributed by atoms with Gasteiger partial charge in [0.2, 0.25) is 0 Å². The molecular weight excluding hydrogens is 384 g/mol. The molecule has 0 aliphatic carbocycles. The topological polar surface area (TPSA) is 34.4 Å². The summed E-state index contributed by atoms with van der Waals surface area (Å²) in [5, 5.41) is 0.740. The van der Waals surface area contributed by atoms with E-state index in [-0.39, 0.29) is 5.56 Å². The summed E-state index contributed by atoms with van der Waals surface area (Å²) in [6.07, 6.45) is 1.73. The van der Waals surface area contributed by atoms with E-state index >= 15 is 0 Å². The highest BCUT2D eigenvalue weighted by atomic mass is 79.9. The SMILES string of the molecule is O=c1cc(CSCc2ccc(Cl)cc2)nc2ccc(Br)cn12. The Morgan fingerprint density at radius 2 is 1.91 bits per heavy atom. The summed E-state index contributed by atoms with van der Waals surface area (Å²) >= 11 is 10.9. The number of hydrogen-bond donors (Lipinski definition) is 0. The first-order valence-electron chi connectivity index (χ1n) is 6.62. The summed E-state index contributed by atoms with van der Waals surface area (Å²) in [6.45, 7) is 0. The number of hydrogen-bond acceptors (Lipinski definition) is 3. The van der Waals surface area contributed by atoms with Crippen LogP contribution in [0, 0.1) is 0 Å². The lowest BCUT2D eigenvalue weighted by Gasteiger charge is -2.05. The van der Waals surface area contributed by atoms with Crippen LogP contribution in [0.2, 0.25) is 5.02 Å². The van der Waals surface area contributed by atoms with Gasteiger partial charge in [0, 0.05) is 33.3 Å². The smallest absolute Gasteiger partial charge is 0.258 e. The summed E-state index contributed by atoms with van der Waals surface area (Å²) in [7, 11) is 0. The molecular formula is C16H12BrClN2OS. The zero-order valence-electron chi connectivity index (χ0n) is 11.5. The predicted octanol–water partition coefficient (Wildman–Crippen LogP) is 4.54. The minimum atomic E-state index is -0.0617. The Bertz CT molecular complexity index is 864. The average molecular weight is 396 g/mol. The van der Waals surface area contributed by atoms with Crippen molar-refractivity contribution >= 4 is 44.9 Å². The first-order chi connectivity index (χ1) is 10.6. The molecule has 0 bridgehead atoms. The number of fused-ring (bicyclic) bond motifs is 1. The normalized spacial score (nSPS) is 11.0. The lowest BCUT2D eigenvalue weighted by molar-refractivity contribution is 1.01. The monoisotopic (exact) mass is 394 g/mol. The maximum Gasteiger partial charge on any atom is 0.258 e. The molecule has 112 valence electrons. The van der Waals surface area contributed by atoms with E-state index in [9.17, 15) is 4.79 Å². The van der Waals surface area contributed by atoms with Gasteiger partial charge in [0.05, 0.1) is 5.69 Å². The number of benzene rings is 1. The zero-order valence-corrected chi connectivity index (χ0v) is 14.7. The Hall–Kier alpha value is -1.30. The Balaban J connectivity index is 1.73. The van der Waals surface area contributed by atoms with Gasteiger partial charge in [-0.05, 0) is 45.8 Å². The molecule has 3 nitrogen and oxygen atoms in total. The van der Waals surface area contributed by atoms with Gasteiger partial charge in [0.25, 0.3) is 5.56 Å². The number of halogens is 2. The van der Waals surface area contributed by atoms with Gasteiger partial charge in [-0.25, -0.2) is 4.98 Å². The second-order valence-electron chi connectivity index (χ2n) is 4.78. The van der Waals surface area contributed by atoms with E-state index in [1.807, 2.05) is 36.4 Å². The first-order valence-corrected chi connectivity index (χ1v) is 8.94. The van der Waals surface area contributed by atoms with E-state index in [4.69, 9.17) is 11.6 Å². The molecule has 0 unspecified atom stereocenters. The fourth-order valence-electron chi connectivity index (χ4n) is 2.05. The van der Waals surface area contributed by atoms with Crippen molar-refractivity contribution in [3.63, 3.8) is 0 Å². The molecule has 0 aliphatic rings. The van der Waals surface area contributed by atoms with Gasteiger partial charge in [-0.2, -0.15) is 11.8 Å². The lowest BCUT2D eigenvalue weighted by atomic mass is 10.2. The third-order valence-corrected chi connectivity index (χ3v) is 4.87. The Labute approximate surface area is 145 Å². The van der Waals surface area contributed by atoms with Crippen molar-refractivity contribution in [2.45, 2.75) is 11.5 Å². The third kappa shape index (κ3) is 3.72. The van der Waals surface area contributed by atoms with E-state index in [0.717, 1.165) is 20.9 Å². The summed E-state index contributed by atoms with van der Waals surface area (Å²) < 4.78 is 2.39. The van der Waals surface area contributed by atoms with Crippen LogP contribution in [-0.2, 0) is 11.5 Å². The van der Waals surface area contributed by atoms with Gasteiger partial charge in [0.1, 0.15) is 5.65 Å². The molecule has 0 aliphatic heterocycles. The van der Waals surface area contributed by atoms with Gasteiger partial charge in [-0.1, -0.05) is 23.7 Å². The van der Waals surface area contributed by atoms with Crippen molar-refractivity contribution in [3.05, 3.63) is 79.8 Å². The third-order valence-electron chi connectivity index (χ3n) is 3.11. The molecule has 0 atom stereocenters. The van der Waals surface area contributed by atoms with Crippen molar-refractivity contribution in [1.29, 1.82) is 0 Å². The summed E-state index contributed by atoms with van der Waals surface area (Å²) in [5.74, 6) is 1.56. The van der Waals surface area contributed by atoms with Gasteiger partial charge >= 0.3 is 0 Å². The van der Waals surface area contributed by atoms with E-state index in [1.165, 1.54) is 9.96 Å². The highest BCUT2D eigenvalue weighted by Crippen LogP contribution is 2.18. The van der Waals surface area contributed by atoms with Gasteiger partial charge in [-0.3, -0.25) is 9.20 Å². The summed E-state index contributed by atoms with van der Waals surface area (Å²) in [5.41, 5.74) is 2.60. The molecule has 22 heavy (non-hydrogen) atoms. The largest absolute Gasteiger partial charge is 0.269 e. The highest BCUT2D eigenvalue weighted by Gasteiger charge is 2.03. The lowest BCUT2D eigenvalue weighted by Crippen LogP contribution is -2.15. The van der Waals surface area contributed by atoms with E-state index in [2.05, 4.69) is 20.9 Å². The maximum atomic E-state index is 12.1. The molecule has 0 spiro atoms. The van der Waals surface area contributed by atoms with Crippen molar-refractivity contribution < 1.29 is 0 Å². The van der Waals surface area contributed by atoms with Crippen molar-refractivity contribution in [2.24, 2.45) is 0 Å². The molecule has 2 aromatic heterocycles. The molecule has 0 saturated carbocycles. The van der Waals surface area contributed by atoms with Gasteiger partial charge < -0.3 is 0 Å². The van der Waals surface area contributed by atoms with Crippen LogP contribution < -0.4 is 5.56 Å². The van der Waals surface area contributed by atoms with Gasteiger partial charge in [-0.15, -0.1) is 0 Å². The van der Waals surface area contributed by atoms with Crippen LogP contribution in [-0.4, -0.2) is 9.38 Å². The number of aromatic nitrogens is 2. The quantitative estimate of drug-likeness (QED) is 0.650. The molecule has 3 rings (SSSR count). The van der Waals surface area contributed by atoms with Crippen LogP contribution in [0.4, 0.5) is 0 Å². The Kier molecular flexibility index (Phi) is 4.86. The molecule has 1 aromatic carbocycles. The minimum Gasteiger partial charge on any atom is -0.269 e. The fourth-order valence-corrected chi connectivity index (χ4v) is 3.40. The van der Waals surface area contributed by atoms with Crippen LogP contribution in [0.15, 0.2) is 57.9 Å². The Morgan fingerprint density at radius 3 is 2.68 bits per heavy atom. The molecule has 2 heterocycles. The maximum absolute atomic E-state index is 12.1. The van der Waals surface area contributed by atoms with Crippen LogP contribution in [0.25, 0.3) is 5.65 Å². The summed E-state index contributed by atoms with van der Waals surface area (Å²) in [6, 6.07) is 13.1. The van der Waals surface area contributed by atoms with Crippen molar-refractivity contribution in [1.82, 2.24) is 9.38 Å². The first kappa shape index (κ1) is 15.6. The predicted molar refractivity (Wildman–Crippen MR) is 95.6 cm³/mol. The second-order valence-corrected chi connectivity index (χ2v) is 7.12. The number of pyridine rings is 1.